The fraction of sp³-hybridized carbons (Fsp3) is 0.615. The SMILES string of the molecule is C[N+]1(CCNc2ncc(N)cc2N=O)CCCCC1. The van der Waals surface area contributed by atoms with E-state index in [2.05, 4.69) is 22.5 Å². The number of anilines is 2. The summed E-state index contributed by atoms with van der Waals surface area (Å²) >= 11 is 0. The van der Waals surface area contributed by atoms with Gasteiger partial charge in [0, 0.05) is 0 Å². The number of nitrogens with zero attached hydrogens (tertiary/aromatic N) is 3. The summed E-state index contributed by atoms with van der Waals surface area (Å²) in [4.78, 5) is 14.8. The normalized spacial score (nSPS) is 17.9. The molecule has 1 aromatic heterocycles. The molecule has 1 aliphatic heterocycles. The molecule has 0 aliphatic carbocycles. The number of likely N-dealkylation sites (N-methyl/N-ethyl adjacent to an activating group) is 1. The summed E-state index contributed by atoms with van der Waals surface area (Å²) in [7, 11) is 2.29. The van der Waals surface area contributed by atoms with Crippen LogP contribution in [0, 0.1) is 4.91 Å². The molecule has 3 N–H and O–H groups in total. The number of likely N-dealkylation sites (tertiary alicyclic amines) is 1. The Balaban J connectivity index is 1.90. The van der Waals surface area contributed by atoms with Gasteiger partial charge in [-0.2, -0.15) is 0 Å². The summed E-state index contributed by atoms with van der Waals surface area (Å²) in [6, 6.07) is 1.54. The Morgan fingerprint density at radius 1 is 1.42 bits per heavy atom. The molecule has 1 saturated heterocycles. The van der Waals surface area contributed by atoms with E-state index in [-0.39, 0.29) is 5.69 Å². The Kier molecular flexibility index (Phi) is 4.31. The van der Waals surface area contributed by atoms with E-state index in [1.807, 2.05) is 0 Å². The first kappa shape index (κ1) is 13.7. The number of aromatic nitrogens is 1. The molecule has 0 aromatic carbocycles. The first-order chi connectivity index (χ1) is 9.13. The van der Waals surface area contributed by atoms with E-state index in [9.17, 15) is 4.91 Å². The summed E-state index contributed by atoms with van der Waals surface area (Å²) < 4.78 is 1.09. The lowest BCUT2D eigenvalue weighted by atomic mass is 10.1. The second kappa shape index (κ2) is 5.97. The first-order valence-electron chi connectivity index (χ1n) is 6.79. The highest BCUT2D eigenvalue weighted by Crippen LogP contribution is 2.24. The third-order valence-corrected chi connectivity index (χ3v) is 3.83. The van der Waals surface area contributed by atoms with Gasteiger partial charge in [-0.3, -0.25) is 0 Å². The van der Waals surface area contributed by atoms with Crippen LogP contribution < -0.4 is 11.1 Å². The highest BCUT2D eigenvalue weighted by atomic mass is 16.3. The Hall–Kier alpha value is -1.69. The molecule has 0 bridgehead atoms. The highest BCUT2D eigenvalue weighted by molar-refractivity contribution is 5.64. The van der Waals surface area contributed by atoms with Gasteiger partial charge in [-0.05, 0) is 30.5 Å². The lowest BCUT2D eigenvalue weighted by Crippen LogP contribution is -2.50. The van der Waals surface area contributed by atoms with Crippen molar-refractivity contribution in [2.75, 3.05) is 44.3 Å². The standard InChI is InChI=1S/C13H21N5O/c1-18(6-3-2-4-7-18)8-5-15-13-12(17-19)9-11(14)10-16-13/h9-10H,2-8H2,1H3,(H2-,14,15,16,17,19)/p+1. The van der Waals surface area contributed by atoms with Crippen LogP contribution in [0.15, 0.2) is 17.4 Å². The number of hydrogen-bond donors (Lipinski definition) is 2. The van der Waals surface area contributed by atoms with E-state index < -0.39 is 0 Å². The van der Waals surface area contributed by atoms with E-state index in [0.717, 1.165) is 17.6 Å². The van der Waals surface area contributed by atoms with E-state index in [4.69, 9.17) is 5.73 Å². The molecule has 1 aliphatic rings. The van der Waals surface area contributed by atoms with Gasteiger partial charge in [-0.25, -0.2) is 4.98 Å². The van der Waals surface area contributed by atoms with Gasteiger partial charge >= 0.3 is 0 Å². The van der Waals surface area contributed by atoms with Crippen LogP contribution in [0.1, 0.15) is 19.3 Å². The molecule has 2 rings (SSSR count). The summed E-state index contributed by atoms with van der Waals surface area (Å²) in [5.41, 5.74) is 6.31. The van der Waals surface area contributed by atoms with Crippen LogP contribution in [0.25, 0.3) is 0 Å². The molecule has 1 fully saturated rings. The minimum atomic E-state index is 0.279. The number of hydrogen-bond acceptors (Lipinski definition) is 5. The fourth-order valence-electron chi connectivity index (χ4n) is 2.62. The minimum Gasteiger partial charge on any atom is -0.397 e. The lowest BCUT2D eigenvalue weighted by Gasteiger charge is -2.37. The zero-order valence-electron chi connectivity index (χ0n) is 11.4. The molecule has 0 amide bonds. The van der Waals surface area contributed by atoms with Gasteiger partial charge in [-0.1, -0.05) is 0 Å². The molecule has 0 atom stereocenters. The molecule has 2 heterocycles. The maximum atomic E-state index is 10.7. The van der Waals surface area contributed by atoms with Gasteiger partial charge in [0.1, 0.15) is 0 Å². The van der Waals surface area contributed by atoms with Crippen molar-refractivity contribution in [2.45, 2.75) is 19.3 Å². The third kappa shape index (κ3) is 3.64. The van der Waals surface area contributed by atoms with E-state index >= 15 is 0 Å². The van der Waals surface area contributed by atoms with Gasteiger partial charge in [0.25, 0.3) is 0 Å². The van der Waals surface area contributed by atoms with Crippen molar-refractivity contribution < 1.29 is 4.48 Å². The number of rotatable bonds is 5. The maximum Gasteiger partial charge on any atom is 0.155 e. The molecule has 19 heavy (non-hydrogen) atoms. The Labute approximate surface area is 113 Å². The summed E-state index contributed by atoms with van der Waals surface area (Å²) in [5.74, 6) is 0.521. The van der Waals surface area contributed by atoms with E-state index in [1.165, 1.54) is 38.5 Å². The Morgan fingerprint density at radius 3 is 2.84 bits per heavy atom. The van der Waals surface area contributed by atoms with Crippen LogP contribution in [-0.2, 0) is 0 Å². The van der Waals surface area contributed by atoms with Crippen LogP contribution in [-0.4, -0.2) is 42.7 Å². The van der Waals surface area contributed by atoms with Gasteiger partial charge in [0.15, 0.2) is 11.5 Å². The van der Waals surface area contributed by atoms with Crippen LogP contribution >= 0.6 is 0 Å². The number of piperidine rings is 1. The van der Waals surface area contributed by atoms with Crippen molar-refractivity contribution >= 4 is 17.2 Å². The van der Waals surface area contributed by atoms with Crippen LogP contribution in [0.5, 0.6) is 0 Å². The van der Waals surface area contributed by atoms with Crippen molar-refractivity contribution in [3.05, 3.63) is 17.2 Å². The quantitative estimate of drug-likeness (QED) is 0.630. The second-order valence-electron chi connectivity index (χ2n) is 5.51. The first-order valence-corrected chi connectivity index (χ1v) is 6.79. The van der Waals surface area contributed by atoms with Gasteiger partial charge in [0.05, 0.1) is 45.1 Å². The molecule has 6 nitrogen and oxygen atoms in total. The van der Waals surface area contributed by atoms with Gasteiger partial charge in [-0.15, -0.1) is 4.91 Å². The van der Waals surface area contributed by atoms with Crippen molar-refractivity contribution in [1.29, 1.82) is 0 Å². The lowest BCUT2D eigenvalue weighted by molar-refractivity contribution is -0.912. The van der Waals surface area contributed by atoms with Crippen LogP contribution in [0.2, 0.25) is 0 Å². The van der Waals surface area contributed by atoms with Crippen molar-refractivity contribution in [2.24, 2.45) is 5.18 Å². The zero-order chi connectivity index (χ0) is 13.7. The molecule has 1 aromatic rings. The van der Waals surface area contributed by atoms with Crippen molar-refractivity contribution in [3.63, 3.8) is 0 Å². The van der Waals surface area contributed by atoms with Gasteiger partial charge in [0.2, 0.25) is 0 Å². The number of nitroso groups, excluding NO2 is 1. The topological polar surface area (TPSA) is 80.4 Å². The van der Waals surface area contributed by atoms with Gasteiger partial charge < -0.3 is 15.5 Å². The smallest absolute Gasteiger partial charge is 0.155 e. The molecular weight excluding hydrogens is 242 g/mol. The molecule has 6 heteroatoms. The predicted molar refractivity (Wildman–Crippen MR) is 77.2 cm³/mol. The zero-order valence-corrected chi connectivity index (χ0v) is 11.4. The van der Waals surface area contributed by atoms with E-state index in [1.54, 1.807) is 6.07 Å². The average Bonchev–Trinajstić information content (AvgIpc) is 2.41. The Bertz CT molecular complexity index is 443. The molecule has 0 spiro atoms. The highest BCUT2D eigenvalue weighted by Gasteiger charge is 2.24. The molecule has 0 unspecified atom stereocenters. The van der Waals surface area contributed by atoms with Crippen LogP contribution in [0.3, 0.4) is 0 Å². The molecule has 0 radical (unpaired) electrons. The van der Waals surface area contributed by atoms with Crippen molar-refractivity contribution in [1.82, 2.24) is 4.98 Å². The summed E-state index contributed by atoms with van der Waals surface area (Å²) in [6.07, 6.45) is 5.49. The second-order valence-corrected chi connectivity index (χ2v) is 5.51. The molecule has 0 saturated carbocycles. The number of quaternary nitrogens is 1. The van der Waals surface area contributed by atoms with Crippen LogP contribution in [0.4, 0.5) is 17.2 Å². The number of pyridine rings is 1. The van der Waals surface area contributed by atoms with E-state index in [0.29, 0.717) is 11.5 Å². The average molecular weight is 264 g/mol. The number of nitrogen functional groups attached to an aromatic ring is 1. The third-order valence-electron chi connectivity index (χ3n) is 3.83. The number of nitrogens with two attached hydrogens (primary N) is 1. The Morgan fingerprint density at radius 2 is 2.16 bits per heavy atom. The monoisotopic (exact) mass is 264 g/mol. The maximum absolute atomic E-state index is 10.7. The largest absolute Gasteiger partial charge is 0.397 e. The number of nitrogens with one attached hydrogen (secondary N) is 1. The summed E-state index contributed by atoms with van der Waals surface area (Å²) in [5, 5.41) is 6.14. The predicted octanol–water partition coefficient (Wildman–Crippen LogP) is 2.10. The fourth-order valence-corrected chi connectivity index (χ4v) is 2.62. The molecule has 104 valence electrons. The summed E-state index contributed by atoms with van der Waals surface area (Å²) in [6.45, 7) is 4.28. The minimum absolute atomic E-state index is 0.279. The van der Waals surface area contributed by atoms with Crippen molar-refractivity contribution in [3.8, 4) is 0 Å². The molecular formula is C13H22N5O+.